The number of methoxy groups -OCH3 is 3. The van der Waals surface area contributed by atoms with E-state index in [9.17, 15) is 9.18 Å². The van der Waals surface area contributed by atoms with Crippen LogP contribution in [-0.2, 0) is 13.1 Å². The first kappa shape index (κ1) is 22.8. The highest BCUT2D eigenvalue weighted by Gasteiger charge is 2.33. The van der Waals surface area contributed by atoms with Gasteiger partial charge in [0.15, 0.2) is 17.2 Å². The fourth-order valence-electron chi connectivity index (χ4n) is 3.81. The predicted molar refractivity (Wildman–Crippen MR) is 112 cm³/mol. The SMILES string of the molecule is COc1cc(CN2CC(F)CC2Cn2cc(C(=O)NC(C)C)nn2)cc(OC)c1OC. The van der Waals surface area contributed by atoms with Gasteiger partial charge in [0, 0.05) is 25.2 Å². The molecular weight excluding hydrogens is 405 g/mol. The Morgan fingerprint density at radius 3 is 2.48 bits per heavy atom. The maximum Gasteiger partial charge on any atom is 0.273 e. The van der Waals surface area contributed by atoms with E-state index in [1.807, 2.05) is 26.0 Å². The minimum absolute atomic E-state index is 0.00810. The number of ether oxygens (including phenoxy) is 3. The summed E-state index contributed by atoms with van der Waals surface area (Å²) in [5.41, 5.74) is 1.17. The largest absolute Gasteiger partial charge is 0.493 e. The summed E-state index contributed by atoms with van der Waals surface area (Å²) in [5, 5.41) is 10.8. The molecule has 9 nitrogen and oxygen atoms in total. The van der Waals surface area contributed by atoms with Gasteiger partial charge in [-0.05, 0) is 38.0 Å². The van der Waals surface area contributed by atoms with Gasteiger partial charge in [-0.15, -0.1) is 5.10 Å². The average molecular weight is 436 g/mol. The van der Waals surface area contributed by atoms with Crippen LogP contribution in [0.4, 0.5) is 4.39 Å². The number of rotatable bonds is 9. The molecule has 1 aliphatic heterocycles. The summed E-state index contributed by atoms with van der Waals surface area (Å²) in [7, 11) is 4.68. The number of hydrogen-bond donors (Lipinski definition) is 1. The van der Waals surface area contributed by atoms with E-state index < -0.39 is 6.17 Å². The molecule has 2 heterocycles. The summed E-state index contributed by atoms with van der Waals surface area (Å²) in [6, 6.07) is 3.66. The van der Waals surface area contributed by atoms with Crippen LogP contribution in [-0.4, -0.2) is 71.9 Å². The van der Waals surface area contributed by atoms with E-state index in [0.717, 1.165) is 5.56 Å². The standard InChI is InChI=1S/C21H30FN5O4/c1-13(2)23-21(28)17-12-27(25-24-17)11-16-8-15(22)10-26(16)9-14-6-18(29-3)20(31-5)19(7-14)30-4/h6-7,12-13,15-16H,8-11H2,1-5H3,(H,23,28). The number of nitrogens with zero attached hydrogens (tertiary/aromatic N) is 4. The molecule has 2 atom stereocenters. The predicted octanol–water partition coefficient (Wildman–Crippen LogP) is 2.05. The molecule has 10 heteroatoms. The minimum Gasteiger partial charge on any atom is -0.493 e. The molecule has 0 saturated carbocycles. The van der Waals surface area contributed by atoms with E-state index >= 15 is 0 Å². The first-order chi connectivity index (χ1) is 14.8. The van der Waals surface area contributed by atoms with Crippen LogP contribution in [0.3, 0.4) is 0 Å². The lowest BCUT2D eigenvalue weighted by molar-refractivity contribution is 0.0938. The molecule has 1 amide bonds. The van der Waals surface area contributed by atoms with Crippen LogP contribution >= 0.6 is 0 Å². The molecule has 0 aliphatic carbocycles. The van der Waals surface area contributed by atoms with Gasteiger partial charge in [-0.25, -0.2) is 4.39 Å². The number of hydrogen-bond acceptors (Lipinski definition) is 7. The Balaban J connectivity index is 1.74. The summed E-state index contributed by atoms with van der Waals surface area (Å²) in [5.74, 6) is 1.36. The highest BCUT2D eigenvalue weighted by Crippen LogP contribution is 2.39. The van der Waals surface area contributed by atoms with Crippen molar-refractivity contribution in [3.63, 3.8) is 0 Å². The van der Waals surface area contributed by atoms with Crippen LogP contribution in [0, 0.1) is 0 Å². The van der Waals surface area contributed by atoms with Gasteiger partial charge in [-0.2, -0.15) is 0 Å². The molecule has 0 spiro atoms. The Labute approximate surface area is 181 Å². The Kier molecular flexibility index (Phi) is 7.32. The number of benzene rings is 1. The zero-order valence-corrected chi connectivity index (χ0v) is 18.6. The fraction of sp³-hybridized carbons (Fsp3) is 0.571. The van der Waals surface area contributed by atoms with Gasteiger partial charge >= 0.3 is 0 Å². The molecule has 2 unspecified atom stereocenters. The van der Waals surface area contributed by atoms with Gasteiger partial charge in [0.25, 0.3) is 5.91 Å². The van der Waals surface area contributed by atoms with Crippen LogP contribution in [0.1, 0.15) is 36.3 Å². The molecular formula is C21H30FN5O4. The second kappa shape index (κ2) is 9.95. The normalized spacial score (nSPS) is 18.9. The molecule has 1 saturated heterocycles. The van der Waals surface area contributed by atoms with Crippen LogP contribution < -0.4 is 19.5 Å². The zero-order valence-electron chi connectivity index (χ0n) is 18.6. The molecule has 1 aromatic carbocycles. The number of carbonyl (C=O) groups is 1. The van der Waals surface area contributed by atoms with E-state index in [-0.39, 0.29) is 23.7 Å². The van der Waals surface area contributed by atoms with Gasteiger partial charge in [0.05, 0.1) is 34.1 Å². The van der Waals surface area contributed by atoms with Gasteiger partial charge in [0.1, 0.15) is 6.17 Å². The van der Waals surface area contributed by atoms with Crippen molar-refractivity contribution in [3.8, 4) is 17.2 Å². The topological polar surface area (TPSA) is 90.7 Å². The van der Waals surface area contributed by atoms with E-state index in [2.05, 4.69) is 20.5 Å². The Morgan fingerprint density at radius 2 is 1.90 bits per heavy atom. The summed E-state index contributed by atoms with van der Waals surface area (Å²) in [4.78, 5) is 14.2. The van der Waals surface area contributed by atoms with Crippen molar-refractivity contribution in [3.05, 3.63) is 29.6 Å². The van der Waals surface area contributed by atoms with Crippen molar-refractivity contribution in [1.82, 2.24) is 25.2 Å². The number of amides is 1. The van der Waals surface area contributed by atoms with Crippen molar-refractivity contribution in [2.45, 2.75) is 51.6 Å². The number of nitrogens with one attached hydrogen (secondary N) is 1. The molecule has 2 aromatic rings. The van der Waals surface area contributed by atoms with Crippen LogP contribution in [0.2, 0.25) is 0 Å². The van der Waals surface area contributed by atoms with E-state index in [0.29, 0.717) is 43.3 Å². The molecule has 31 heavy (non-hydrogen) atoms. The summed E-state index contributed by atoms with van der Waals surface area (Å²) < 4.78 is 32.1. The summed E-state index contributed by atoms with van der Waals surface area (Å²) >= 11 is 0. The third kappa shape index (κ3) is 5.43. The van der Waals surface area contributed by atoms with Crippen molar-refractivity contribution in [1.29, 1.82) is 0 Å². The monoisotopic (exact) mass is 435 g/mol. The average Bonchev–Trinajstić information content (AvgIpc) is 3.33. The van der Waals surface area contributed by atoms with Gasteiger partial charge in [-0.1, -0.05) is 5.21 Å². The van der Waals surface area contributed by atoms with Crippen molar-refractivity contribution in [2.24, 2.45) is 0 Å². The number of halogens is 1. The van der Waals surface area contributed by atoms with E-state index in [1.54, 1.807) is 32.2 Å². The molecule has 1 aliphatic rings. The minimum atomic E-state index is -0.931. The third-order valence-corrected chi connectivity index (χ3v) is 5.18. The smallest absolute Gasteiger partial charge is 0.273 e. The Bertz CT molecular complexity index is 879. The first-order valence-corrected chi connectivity index (χ1v) is 10.2. The zero-order chi connectivity index (χ0) is 22.5. The summed E-state index contributed by atoms with van der Waals surface area (Å²) in [6.07, 6.45) is 1.05. The maximum absolute atomic E-state index is 14.3. The summed E-state index contributed by atoms with van der Waals surface area (Å²) in [6.45, 7) is 5.02. The third-order valence-electron chi connectivity index (χ3n) is 5.18. The molecule has 3 rings (SSSR count). The van der Waals surface area contributed by atoms with Gasteiger partial charge in [-0.3, -0.25) is 14.4 Å². The lowest BCUT2D eigenvalue weighted by Crippen LogP contribution is -2.33. The second-order valence-electron chi connectivity index (χ2n) is 7.90. The quantitative estimate of drug-likeness (QED) is 0.645. The highest BCUT2D eigenvalue weighted by atomic mass is 19.1. The van der Waals surface area contributed by atoms with E-state index in [4.69, 9.17) is 14.2 Å². The van der Waals surface area contributed by atoms with Gasteiger partial charge in [0.2, 0.25) is 5.75 Å². The first-order valence-electron chi connectivity index (χ1n) is 10.2. The van der Waals surface area contributed by atoms with Crippen LogP contribution in [0.15, 0.2) is 18.3 Å². The van der Waals surface area contributed by atoms with Gasteiger partial charge < -0.3 is 19.5 Å². The number of aromatic nitrogens is 3. The number of carbonyl (C=O) groups excluding carboxylic acids is 1. The molecule has 0 bridgehead atoms. The number of alkyl halides is 1. The Hall–Kier alpha value is -2.88. The van der Waals surface area contributed by atoms with Crippen molar-refractivity contribution < 1.29 is 23.4 Å². The second-order valence-corrected chi connectivity index (χ2v) is 7.90. The number of likely N-dealkylation sites (tertiary alicyclic amines) is 1. The molecule has 0 radical (unpaired) electrons. The molecule has 1 aromatic heterocycles. The van der Waals surface area contributed by atoms with Crippen LogP contribution in [0.5, 0.6) is 17.2 Å². The Morgan fingerprint density at radius 1 is 1.23 bits per heavy atom. The van der Waals surface area contributed by atoms with Crippen molar-refractivity contribution >= 4 is 5.91 Å². The molecule has 1 fully saturated rings. The lowest BCUT2D eigenvalue weighted by Gasteiger charge is -2.24. The van der Waals surface area contributed by atoms with E-state index in [1.165, 1.54) is 0 Å². The maximum atomic E-state index is 14.3. The molecule has 1 N–H and O–H groups in total. The molecule has 170 valence electrons. The lowest BCUT2D eigenvalue weighted by atomic mass is 10.1. The van der Waals surface area contributed by atoms with Crippen molar-refractivity contribution in [2.75, 3.05) is 27.9 Å². The van der Waals surface area contributed by atoms with Crippen LogP contribution in [0.25, 0.3) is 0 Å². The highest BCUT2D eigenvalue weighted by molar-refractivity contribution is 5.91. The fourth-order valence-corrected chi connectivity index (χ4v) is 3.81.